The van der Waals surface area contributed by atoms with Crippen molar-refractivity contribution in [2.24, 2.45) is 11.8 Å². The van der Waals surface area contributed by atoms with Gasteiger partial charge in [0.15, 0.2) is 11.5 Å². The fourth-order valence-corrected chi connectivity index (χ4v) is 3.09. The number of anilines is 1. The van der Waals surface area contributed by atoms with Gasteiger partial charge in [0.1, 0.15) is 0 Å². The average molecular weight is 290 g/mol. The van der Waals surface area contributed by atoms with Gasteiger partial charge in [0.2, 0.25) is 0 Å². The van der Waals surface area contributed by atoms with Crippen LogP contribution in [0.4, 0.5) is 5.69 Å². The van der Waals surface area contributed by atoms with E-state index < -0.39 is 0 Å². The maximum absolute atomic E-state index is 5.83. The van der Waals surface area contributed by atoms with Crippen molar-refractivity contribution in [2.45, 2.75) is 20.3 Å². The molecule has 1 saturated heterocycles. The first-order chi connectivity index (χ1) is 10.2. The molecule has 2 heterocycles. The second-order valence-corrected chi connectivity index (χ2v) is 6.46. The maximum Gasteiger partial charge on any atom is 0.163 e. The van der Waals surface area contributed by atoms with E-state index in [9.17, 15) is 0 Å². The fourth-order valence-electron chi connectivity index (χ4n) is 3.09. The van der Waals surface area contributed by atoms with Crippen LogP contribution in [0.25, 0.3) is 0 Å². The van der Waals surface area contributed by atoms with E-state index in [1.54, 1.807) is 0 Å². The Labute approximate surface area is 127 Å². The van der Waals surface area contributed by atoms with Crippen LogP contribution in [0.3, 0.4) is 0 Å². The van der Waals surface area contributed by atoms with E-state index in [1.807, 2.05) is 0 Å². The SMILES string of the molecule is CC1CNCC(C)CN(c2ccc3c(c2)OCCCO3)C1. The van der Waals surface area contributed by atoms with Crippen molar-refractivity contribution in [3.63, 3.8) is 0 Å². The van der Waals surface area contributed by atoms with Gasteiger partial charge < -0.3 is 19.7 Å². The lowest BCUT2D eigenvalue weighted by Crippen LogP contribution is -2.42. The van der Waals surface area contributed by atoms with Crippen LogP contribution < -0.4 is 19.7 Å². The first kappa shape index (κ1) is 14.5. The van der Waals surface area contributed by atoms with Crippen molar-refractivity contribution < 1.29 is 9.47 Å². The summed E-state index contributed by atoms with van der Waals surface area (Å²) in [5.41, 5.74) is 1.25. The molecular formula is C17H26N2O2. The van der Waals surface area contributed by atoms with Gasteiger partial charge in [-0.3, -0.25) is 0 Å². The molecule has 4 nitrogen and oxygen atoms in total. The summed E-state index contributed by atoms with van der Waals surface area (Å²) in [5.74, 6) is 3.07. The Hall–Kier alpha value is -1.42. The Balaban J connectivity index is 1.82. The summed E-state index contributed by atoms with van der Waals surface area (Å²) in [6, 6.07) is 6.37. The van der Waals surface area contributed by atoms with E-state index in [0.717, 1.165) is 57.3 Å². The third kappa shape index (κ3) is 3.62. The van der Waals surface area contributed by atoms with Crippen LogP contribution >= 0.6 is 0 Å². The zero-order valence-electron chi connectivity index (χ0n) is 13.1. The third-order valence-corrected chi connectivity index (χ3v) is 4.15. The van der Waals surface area contributed by atoms with Gasteiger partial charge >= 0.3 is 0 Å². The Morgan fingerprint density at radius 3 is 2.38 bits per heavy atom. The van der Waals surface area contributed by atoms with Crippen LogP contribution in [0.1, 0.15) is 20.3 Å². The molecule has 1 aromatic rings. The summed E-state index contributed by atoms with van der Waals surface area (Å²) in [4.78, 5) is 2.49. The van der Waals surface area contributed by atoms with Gasteiger partial charge in [0.05, 0.1) is 13.2 Å². The molecule has 4 heteroatoms. The number of benzene rings is 1. The lowest BCUT2D eigenvalue weighted by molar-refractivity contribution is 0.297. The number of nitrogens with one attached hydrogen (secondary N) is 1. The number of ether oxygens (including phenoxy) is 2. The molecule has 0 aliphatic carbocycles. The monoisotopic (exact) mass is 290 g/mol. The first-order valence-corrected chi connectivity index (χ1v) is 8.07. The van der Waals surface area contributed by atoms with Gasteiger partial charge in [0.25, 0.3) is 0 Å². The van der Waals surface area contributed by atoms with Gasteiger partial charge in [-0.1, -0.05) is 13.8 Å². The molecule has 0 radical (unpaired) electrons. The highest BCUT2D eigenvalue weighted by molar-refractivity contribution is 5.56. The third-order valence-electron chi connectivity index (χ3n) is 4.15. The molecule has 2 atom stereocenters. The Kier molecular flexibility index (Phi) is 4.54. The van der Waals surface area contributed by atoms with Crippen molar-refractivity contribution in [3.05, 3.63) is 18.2 Å². The molecule has 0 spiro atoms. The Bertz CT molecular complexity index is 466. The molecule has 0 aromatic heterocycles. The second kappa shape index (κ2) is 6.56. The normalized spacial score (nSPS) is 26.7. The number of rotatable bonds is 1. The minimum absolute atomic E-state index is 0.647. The summed E-state index contributed by atoms with van der Waals surface area (Å²) in [6.07, 6.45) is 0.952. The topological polar surface area (TPSA) is 33.7 Å². The summed E-state index contributed by atoms with van der Waals surface area (Å²) < 4.78 is 11.5. The standard InChI is InChI=1S/C17H26N2O2/c1-13-9-18-10-14(2)12-19(11-13)15-4-5-16-17(8-15)21-7-3-6-20-16/h4-5,8,13-14,18H,3,6-7,9-12H2,1-2H3. The van der Waals surface area contributed by atoms with Gasteiger partial charge in [-0.15, -0.1) is 0 Å². The van der Waals surface area contributed by atoms with Gasteiger partial charge in [-0.05, 0) is 37.1 Å². The zero-order chi connectivity index (χ0) is 14.7. The van der Waals surface area contributed by atoms with Crippen molar-refractivity contribution >= 4 is 5.69 Å². The van der Waals surface area contributed by atoms with Crippen molar-refractivity contribution in [1.29, 1.82) is 0 Å². The van der Waals surface area contributed by atoms with E-state index in [-0.39, 0.29) is 0 Å². The Morgan fingerprint density at radius 1 is 1.00 bits per heavy atom. The zero-order valence-corrected chi connectivity index (χ0v) is 13.1. The van der Waals surface area contributed by atoms with E-state index in [1.165, 1.54) is 5.69 Å². The highest BCUT2D eigenvalue weighted by atomic mass is 16.5. The number of hydrogen-bond acceptors (Lipinski definition) is 4. The van der Waals surface area contributed by atoms with Gasteiger partial charge in [-0.25, -0.2) is 0 Å². The molecule has 1 fully saturated rings. The molecule has 0 saturated carbocycles. The molecule has 0 amide bonds. The molecule has 2 aliphatic rings. The fraction of sp³-hybridized carbons (Fsp3) is 0.647. The first-order valence-electron chi connectivity index (χ1n) is 8.07. The van der Waals surface area contributed by atoms with Crippen molar-refractivity contribution in [1.82, 2.24) is 5.32 Å². The molecule has 1 aromatic carbocycles. The highest BCUT2D eigenvalue weighted by Crippen LogP contribution is 2.34. The predicted octanol–water partition coefficient (Wildman–Crippen LogP) is 2.53. The van der Waals surface area contributed by atoms with Crippen molar-refractivity contribution in [3.8, 4) is 11.5 Å². The van der Waals surface area contributed by atoms with Gasteiger partial charge in [0, 0.05) is 31.3 Å². The lowest BCUT2D eigenvalue weighted by atomic mass is 10.0. The van der Waals surface area contributed by atoms with E-state index >= 15 is 0 Å². The molecule has 2 unspecified atom stereocenters. The summed E-state index contributed by atoms with van der Waals surface area (Å²) in [5, 5.41) is 3.55. The largest absolute Gasteiger partial charge is 0.490 e. The minimum atomic E-state index is 0.647. The molecule has 116 valence electrons. The second-order valence-electron chi connectivity index (χ2n) is 6.46. The van der Waals surface area contributed by atoms with Crippen LogP contribution in [0.5, 0.6) is 11.5 Å². The molecule has 2 aliphatic heterocycles. The van der Waals surface area contributed by atoms with E-state index in [2.05, 4.69) is 42.3 Å². The van der Waals surface area contributed by atoms with Gasteiger partial charge in [-0.2, -0.15) is 0 Å². The number of hydrogen-bond donors (Lipinski definition) is 1. The average Bonchev–Trinajstić information content (AvgIpc) is 2.69. The molecular weight excluding hydrogens is 264 g/mol. The van der Waals surface area contributed by atoms with Crippen molar-refractivity contribution in [2.75, 3.05) is 44.3 Å². The molecule has 21 heavy (non-hydrogen) atoms. The lowest BCUT2D eigenvalue weighted by Gasteiger charge is -2.33. The highest BCUT2D eigenvalue weighted by Gasteiger charge is 2.19. The van der Waals surface area contributed by atoms with Crippen LogP contribution in [0, 0.1) is 11.8 Å². The summed E-state index contributed by atoms with van der Waals surface area (Å²) in [7, 11) is 0. The minimum Gasteiger partial charge on any atom is -0.490 e. The molecule has 1 N–H and O–H groups in total. The van der Waals surface area contributed by atoms with Crippen LogP contribution in [0.15, 0.2) is 18.2 Å². The summed E-state index contributed by atoms with van der Waals surface area (Å²) >= 11 is 0. The maximum atomic E-state index is 5.83. The quantitative estimate of drug-likeness (QED) is 0.862. The van der Waals surface area contributed by atoms with E-state index in [0.29, 0.717) is 11.8 Å². The Morgan fingerprint density at radius 2 is 1.67 bits per heavy atom. The predicted molar refractivity (Wildman–Crippen MR) is 85.5 cm³/mol. The summed E-state index contributed by atoms with van der Waals surface area (Å²) in [6.45, 7) is 10.4. The van der Waals surface area contributed by atoms with E-state index in [4.69, 9.17) is 9.47 Å². The molecule has 0 bridgehead atoms. The molecule has 3 rings (SSSR count). The van der Waals surface area contributed by atoms with Crippen LogP contribution in [-0.2, 0) is 0 Å². The van der Waals surface area contributed by atoms with Crippen LogP contribution in [0.2, 0.25) is 0 Å². The number of nitrogens with zero attached hydrogens (tertiary/aromatic N) is 1. The smallest absolute Gasteiger partial charge is 0.163 e. The van der Waals surface area contributed by atoms with Crippen LogP contribution in [-0.4, -0.2) is 39.4 Å². The number of fused-ring (bicyclic) bond motifs is 1.